The first-order valence-corrected chi connectivity index (χ1v) is 14.6. The lowest BCUT2D eigenvalue weighted by atomic mass is 9.82. The molecule has 8 nitrogen and oxygen atoms in total. The third kappa shape index (κ3) is 4.68. The number of carbonyl (C=O) groups excluding carboxylic acids is 2. The number of hydrogen-bond donors (Lipinski definition) is 1. The minimum Gasteiger partial charge on any atom is -0.477 e. The Labute approximate surface area is 190 Å². The summed E-state index contributed by atoms with van der Waals surface area (Å²) in [5, 5.41) is 9.88. The number of allylic oxidation sites excluding steroid dienone is 1. The van der Waals surface area contributed by atoms with Crippen molar-refractivity contribution in [1.29, 1.82) is 0 Å². The van der Waals surface area contributed by atoms with Gasteiger partial charge in [0.05, 0.1) is 24.1 Å². The van der Waals surface area contributed by atoms with Crippen LogP contribution in [0.25, 0.3) is 0 Å². The maximum atomic E-state index is 12.9. The third-order valence-electron chi connectivity index (χ3n) is 6.23. The monoisotopic (exact) mass is 462 g/mol. The van der Waals surface area contributed by atoms with Gasteiger partial charge in [-0.05, 0) is 63.9 Å². The highest BCUT2D eigenvalue weighted by Gasteiger charge is 2.57. The Morgan fingerprint density at radius 3 is 2.62 bits per heavy atom. The molecule has 3 heterocycles. The molecule has 0 bridgehead atoms. The number of rotatable bonds is 8. The summed E-state index contributed by atoms with van der Waals surface area (Å²) in [6, 6.07) is -0.362. The highest BCUT2D eigenvalue weighted by atomic mass is 28.4. The number of carbonyl (C=O) groups is 3. The van der Waals surface area contributed by atoms with Gasteiger partial charge in [-0.15, -0.1) is 0 Å². The van der Waals surface area contributed by atoms with Gasteiger partial charge < -0.3 is 24.1 Å². The molecule has 3 aliphatic heterocycles. The highest BCUT2D eigenvalue weighted by molar-refractivity contribution is 6.69. The number of fused-ring (bicyclic) bond motifs is 1. The molecular formula is C23H34N2O6Si. The molecule has 2 fully saturated rings. The maximum Gasteiger partial charge on any atom is 0.410 e. The van der Waals surface area contributed by atoms with Crippen LogP contribution in [-0.2, 0) is 18.8 Å². The molecular weight excluding hydrogens is 428 g/mol. The first kappa shape index (κ1) is 24.3. The van der Waals surface area contributed by atoms with E-state index in [4.69, 9.17) is 9.16 Å². The second-order valence-electron chi connectivity index (χ2n) is 9.69. The Balaban J connectivity index is 1.81. The van der Waals surface area contributed by atoms with Crippen LogP contribution in [0.5, 0.6) is 0 Å². The molecule has 9 heteroatoms. The fourth-order valence-electron chi connectivity index (χ4n) is 5.03. The van der Waals surface area contributed by atoms with Gasteiger partial charge in [0.15, 0.2) is 8.32 Å². The molecule has 0 radical (unpaired) electrons. The largest absolute Gasteiger partial charge is 0.477 e. The van der Waals surface area contributed by atoms with E-state index in [0.717, 1.165) is 18.4 Å². The first-order chi connectivity index (χ1) is 15.0. The van der Waals surface area contributed by atoms with E-state index in [0.29, 0.717) is 18.5 Å². The molecule has 0 aliphatic carbocycles. The molecule has 0 aromatic heterocycles. The van der Waals surface area contributed by atoms with Gasteiger partial charge in [0.2, 0.25) is 5.91 Å². The van der Waals surface area contributed by atoms with E-state index in [1.165, 1.54) is 11.0 Å². The molecule has 4 atom stereocenters. The van der Waals surface area contributed by atoms with E-state index in [-0.39, 0.29) is 42.3 Å². The van der Waals surface area contributed by atoms with Crippen molar-refractivity contribution >= 4 is 26.3 Å². The van der Waals surface area contributed by atoms with Crippen molar-refractivity contribution in [3.05, 3.63) is 35.6 Å². The zero-order valence-electron chi connectivity index (χ0n) is 19.6. The summed E-state index contributed by atoms with van der Waals surface area (Å²) >= 11 is 0. The quantitative estimate of drug-likeness (QED) is 0.337. The smallest absolute Gasteiger partial charge is 0.410 e. The average molecular weight is 463 g/mol. The minimum atomic E-state index is -1.84. The summed E-state index contributed by atoms with van der Waals surface area (Å²) in [6.45, 7) is 14.3. The minimum absolute atomic E-state index is 0.0592. The summed E-state index contributed by atoms with van der Waals surface area (Å²) < 4.78 is 11.3. The number of carboxylic acids is 1. The van der Waals surface area contributed by atoms with Crippen molar-refractivity contribution < 1.29 is 28.7 Å². The van der Waals surface area contributed by atoms with Crippen molar-refractivity contribution in [2.24, 2.45) is 5.92 Å². The second-order valence-corrected chi connectivity index (χ2v) is 14.2. The number of β-lactam (4-membered cyclic amide) rings is 1. The summed E-state index contributed by atoms with van der Waals surface area (Å²) in [5.41, 5.74) is 1.50. The summed E-state index contributed by atoms with van der Waals surface area (Å²) in [5.74, 6) is -1.62. The van der Waals surface area contributed by atoms with E-state index < -0.39 is 20.4 Å². The molecule has 32 heavy (non-hydrogen) atoms. The summed E-state index contributed by atoms with van der Waals surface area (Å²) in [6.07, 6.45) is 4.93. The van der Waals surface area contributed by atoms with E-state index in [1.54, 1.807) is 4.90 Å². The standard InChI is InChI=1S/C23H34N2O6Si/c1-7-11-30-23(29)24-10-8-9-16(24)12-14(2)17-13-18-19(15(3)31-32(4,5)6)21(26)25(18)20(17)22(27)28/h7,12,15-16,18-19H,1,8-11,13H2,2-6H3,(H,27,28)/b14-12-/t15-,16+,18-,19-/m1/s1. The number of aliphatic carboxylic acids is 1. The highest BCUT2D eigenvalue weighted by Crippen LogP contribution is 2.46. The molecule has 0 aromatic rings. The van der Waals surface area contributed by atoms with Crippen LogP contribution in [0, 0.1) is 5.92 Å². The lowest BCUT2D eigenvalue weighted by molar-refractivity contribution is -0.160. The zero-order valence-corrected chi connectivity index (χ0v) is 20.6. The Morgan fingerprint density at radius 2 is 2.03 bits per heavy atom. The molecule has 0 unspecified atom stereocenters. The van der Waals surface area contributed by atoms with Crippen molar-refractivity contribution in [3.8, 4) is 0 Å². The van der Waals surface area contributed by atoms with E-state index in [1.807, 2.05) is 19.9 Å². The van der Waals surface area contributed by atoms with Crippen molar-refractivity contribution in [1.82, 2.24) is 9.80 Å². The van der Waals surface area contributed by atoms with Crippen LogP contribution in [0.4, 0.5) is 4.79 Å². The van der Waals surface area contributed by atoms with Crippen LogP contribution in [0.2, 0.25) is 19.6 Å². The van der Waals surface area contributed by atoms with Crippen LogP contribution in [0.1, 0.15) is 33.1 Å². The molecule has 0 saturated carbocycles. The molecule has 3 aliphatic rings. The van der Waals surface area contributed by atoms with Gasteiger partial charge in [0.25, 0.3) is 0 Å². The number of likely N-dealkylation sites (tertiary alicyclic amines) is 1. The molecule has 2 saturated heterocycles. The molecule has 0 aromatic carbocycles. The van der Waals surface area contributed by atoms with Gasteiger partial charge in [-0.1, -0.05) is 18.7 Å². The van der Waals surface area contributed by atoms with Gasteiger partial charge in [-0.2, -0.15) is 0 Å². The summed E-state index contributed by atoms with van der Waals surface area (Å²) in [4.78, 5) is 40.4. The number of amides is 2. The van der Waals surface area contributed by atoms with Crippen molar-refractivity contribution in [2.45, 2.75) is 70.9 Å². The number of carboxylic acid groups (broad SMARTS) is 1. The lowest BCUT2D eigenvalue weighted by Gasteiger charge is -2.47. The van der Waals surface area contributed by atoms with Gasteiger partial charge in [0.1, 0.15) is 12.3 Å². The summed E-state index contributed by atoms with van der Waals surface area (Å²) in [7, 11) is -1.84. The predicted octanol–water partition coefficient (Wildman–Crippen LogP) is 3.53. The molecule has 3 rings (SSSR count). The van der Waals surface area contributed by atoms with Gasteiger partial charge in [-0.3, -0.25) is 4.79 Å². The Bertz CT molecular complexity index is 874. The predicted molar refractivity (Wildman–Crippen MR) is 122 cm³/mol. The van der Waals surface area contributed by atoms with Crippen LogP contribution in [0.3, 0.4) is 0 Å². The lowest BCUT2D eigenvalue weighted by Crippen LogP contribution is -2.63. The van der Waals surface area contributed by atoms with Crippen LogP contribution < -0.4 is 0 Å². The fourth-order valence-corrected chi connectivity index (χ4v) is 6.29. The van der Waals surface area contributed by atoms with Crippen LogP contribution >= 0.6 is 0 Å². The van der Waals surface area contributed by atoms with Crippen LogP contribution in [-0.4, -0.2) is 72.5 Å². The molecule has 2 amide bonds. The number of nitrogens with zero attached hydrogens (tertiary/aromatic N) is 2. The topological polar surface area (TPSA) is 96.4 Å². The normalized spacial score (nSPS) is 26.7. The van der Waals surface area contributed by atoms with E-state index >= 15 is 0 Å². The van der Waals surface area contributed by atoms with E-state index in [9.17, 15) is 19.5 Å². The fraction of sp³-hybridized carbons (Fsp3) is 0.609. The molecule has 1 N–H and O–H groups in total. The van der Waals surface area contributed by atoms with Crippen LogP contribution in [0.15, 0.2) is 35.6 Å². The average Bonchev–Trinajstić information content (AvgIpc) is 3.27. The van der Waals surface area contributed by atoms with Gasteiger partial charge in [-0.25, -0.2) is 9.59 Å². The van der Waals surface area contributed by atoms with Gasteiger partial charge in [0, 0.05) is 6.54 Å². The molecule has 0 spiro atoms. The Kier molecular flexibility index (Phi) is 6.99. The SMILES string of the molecule is C=CCOC(=O)N1CCC[C@H]1/C=C(/C)C1=C(C(=O)O)N2C(=O)[C@H]([C@@H](C)O[Si](C)(C)C)[C@H]2C1. The van der Waals surface area contributed by atoms with Crippen molar-refractivity contribution in [3.63, 3.8) is 0 Å². The zero-order chi connectivity index (χ0) is 23.8. The number of ether oxygens (including phenoxy) is 1. The molecule has 176 valence electrons. The Hall–Kier alpha value is -2.39. The maximum absolute atomic E-state index is 12.9. The van der Waals surface area contributed by atoms with Gasteiger partial charge >= 0.3 is 12.1 Å². The third-order valence-corrected chi connectivity index (χ3v) is 7.31. The van der Waals surface area contributed by atoms with E-state index in [2.05, 4.69) is 26.2 Å². The Morgan fingerprint density at radius 1 is 1.34 bits per heavy atom. The number of hydrogen-bond acceptors (Lipinski definition) is 5. The second kappa shape index (κ2) is 9.23. The first-order valence-electron chi connectivity index (χ1n) is 11.2. The van der Waals surface area contributed by atoms with Crippen molar-refractivity contribution in [2.75, 3.05) is 13.2 Å².